The number of phosphoric acid groups is 1. The lowest BCUT2D eigenvalue weighted by Gasteiger charge is -2.18. The van der Waals surface area contributed by atoms with E-state index in [9.17, 15) is 14.2 Å². The number of phosphoric ester groups is 1. The molecule has 0 saturated heterocycles. The van der Waals surface area contributed by atoms with Gasteiger partial charge < -0.3 is 19.3 Å². The highest BCUT2D eigenvalue weighted by Crippen LogP contribution is 2.36. The number of carbonyl (C=O) groups is 2. The molecule has 0 saturated carbocycles. The summed E-state index contributed by atoms with van der Waals surface area (Å²) >= 11 is 0. The van der Waals surface area contributed by atoms with Crippen LogP contribution in [0, 0.1) is 0 Å². The third kappa shape index (κ3) is 51.6. The Kier molecular flexibility index (Phi) is 47.7. The van der Waals surface area contributed by atoms with Gasteiger partial charge >= 0.3 is 19.8 Å². The van der Waals surface area contributed by atoms with Crippen LogP contribution >= 0.6 is 7.82 Å². The Morgan fingerprint density at radius 3 is 0.836 bits per heavy atom. The van der Waals surface area contributed by atoms with Crippen molar-refractivity contribution in [2.24, 2.45) is 0 Å². The summed E-state index contributed by atoms with van der Waals surface area (Å²) in [7, 11) is -4.75. The molecule has 0 aliphatic carbocycles. The van der Waals surface area contributed by atoms with Gasteiger partial charge in [-0.1, -0.05) is 277 Å². The molecule has 0 aromatic rings. The second-order valence-electron chi connectivity index (χ2n) is 18.6. The molecule has 0 aliphatic heterocycles. The molecule has 364 valence electrons. The molecule has 0 aromatic carbocycles. The third-order valence-corrected chi connectivity index (χ3v) is 12.9. The van der Waals surface area contributed by atoms with E-state index in [1.807, 2.05) is 0 Å². The fourth-order valence-electron chi connectivity index (χ4n) is 8.38. The first-order chi connectivity index (χ1) is 29.8. The summed E-state index contributed by atoms with van der Waals surface area (Å²) < 4.78 is 26.6. The average molecular weight is 887 g/mol. The van der Waals surface area contributed by atoms with Crippen LogP contribution in [0.15, 0.2) is 0 Å². The number of esters is 2. The van der Waals surface area contributed by atoms with Crippen LogP contribution in [0.3, 0.4) is 0 Å². The van der Waals surface area contributed by atoms with Crippen molar-refractivity contribution in [1.29, 1.82) is 0 Å². The monoisotopic (exact) mass is 887 g/mol. The van der Waals surface area contributed by atoms with E-state index in [0.717, 1.165) is 32.1 Å². The normalized spacial score (nSPS) is 12.3. The van der Waals surface area contributed by atoms with Crippen LogP contribution in [0.5, 0.6) is 0 Å². The molecule has 0 unspecified atom stereocenters. The van der Waals surface area contributed by atoms with Crippen molar-refractivity contribution >= 4 is 19.8 Å². The highest BCUT2D eigenvalue weighted by molar-refractivity contribution is 7.46. The smallest absolute Gasteiger partial charge is 0.462 e. The van der Waals surface area contributed by atoms with Crippen LogP contribution in [0.4, 0.5) is 0 Å². The van der Waals surface area contributed by atoms with E-state index < -0.39 is 32.5 Å². The van der Waals surface area contributed by atoms with Gasteiger partial charge in [0.2, 0.25) is 0 Å². The largest absolute Gasteiger partial charge is 0.469 e. The SMILES string of the molecule is CCCCCCCCCCCCCCCCCCCCCCCCCC(=O)O[C@H](COC(=O)CCCCCCCCCCCCCCCCCCCCCC)COP(=O)(O)O. The van der Waals surface area contributed by atoms with Gasteiger partial charge in [-0.2, -0.15) is 0 Å². The zero-order valence-electron chi connectivity index (χ0n) is 40.6. The van der Waals surface area contributed by atoms with Crippen molar-refractivity contribution < 1.29 is 37.9 Å². The van der Waals surface area contributed by atoms with Gasteiger partial charge in [-0.25, -0.2) is 4.57 Å². The van der Waals surface area contributed by atoms with Crippen molar-refractivity contribution in [2.45, 2.75) is 309 Å². The minimum atomic E-state index is -4.75. The zero-order valence-corrected chi connectivity index (χ0v) is 41.5. The zero-order chi connectivity index (χ0) is 44.6. The Morgan fingerprint density at radius 2 is 0.590 bits per heavy atom. The van der Waals surface area contributed by atoms with Gasteiger partial charge in [0.1, 0.15) is 6.61 Å². The van der Waals surface area contributed by atoms with Crippen molar-refractivity contribution in [2.75, 3.05) is 13.2 Å². The molecule has 61 heavy (non-hydrogen) atoms. The fraction of sp³-hybridized carbons (Fsp3) is 0.962. The van der Waals surface area contributed by atoms with Crippen LogP contribution in [0.2, 0.25) is 0 Å². The summed E-state index contributed by atoms with van der Waals surface area (Å²) in [5.41, 5.74) is 0. The van der Waals surface area contributed by atoms with Gasteiger partial charge in [-0.3, -0.25) is 14.1 Å². The highest BCUT2D eigenvalue weighted by atomic mass is 31.2. The molecule has 0 amide bonds. The number of hydrogen-bond acceptors (Lipinski definition) is 6. The average Bonchev–Trinajstić information content (AvgIpc) is 3.23. The van der Waals surface area contributed by atoms with Gasteiger partial charge in [0.05, 0.1) is 6.61 Å². The van der Waals surface area contributed by atoms with Gasteiger partial charge in [-0.15, -0.1) is 0 Å². The van der Waals surface area contributed by atoms with Crippen LogP contribution in [-0.2, 0) is 28.2 Å². The van der Waals surface area contributed by atoms with Crippen LogP contribution < -0.4 is 0 Å². The number of carbonyl (C=O) groups excluding carboxylic acids is 2. The highest BCUT2D eigenvalue weighted by Gasteiger charge is 2.23. The minimum absolute atomic E-state index is 0.221. The van der Waals surface area contributed by atoms with Crippen molar-refractivity contribution in [3.05, 3.63) is 0 Å². The molecule has 0 bridgehead atoms. The van der Waals surface area contributed by atoms with E-state index in [1.54, 1.807) is 0 Å². The Morgan fingerprint density at radius 1 is 0.361 bits per heavy atom. The lowest BCUT2D eigenvalue weighted by Crippen LogP contribution is -2.29. The first-order valence-corrected chi connectivity index (χ1v) is 28.4. The molecule has 8 nitrogen and oxygen atoms in total. The minimum Gasteiger partial charge on any atom is -0.462 e. The standard InChI is InChI=1S/C52H103O8P/c1-3-5-7-9-11-13-15-17-19-21-23-25-26-27-29-31-33-35-37-39-41-43-45-47-52(54)60-50(49-59-61(55,56)57)48-58-51(53)46-44-42-40-38-36-34-32-30-28-24-22-20-18-16-14-12-10-8-6-4-2/h50H,3-49H2,1-2H3,(H2,55,56,57)/t50-/m1/s1. The van der Waals surface area contributed by atoms with E-state index >= 15 is 0 Å². The summed E-state index contributed by atoms with van der Waals surface area (Å²) in [6.45, 7) is 3.76. The van der Waals surface area contributed by atoms with Gasteiger partial charge in [-0.05, 0) is 12.8 Å². The van der Waals surface area contributed by atoms with Gasteiger partial charge in [0.15, 0.2) is 6.10 Å². The summed E-state index contributed by atoms with van der Waals surface area (Å²) in [5, 5.41) is 0. The molecule has 0 heterocycles. The maximum Gasteiger partial charge on any atom is 0.469 e. The van der Waals surface area contributed by atoms with Crippen molar-refractivity contribution in [1.82, 2.24) is 0 Å². The Labute approximate surface area is 378 Å². The number of ether oxygens (including phenoxy) is 2. The lowest BCUT2D eigenvalue weighted by atomic mass is 10.0. The van der Waals surface area contributed by atoms with Crippen LogP contribution in [-0.4, -0.2) is 41.0 Å². The summed E-state index contributed by atoms with van der Waals surface area (Å²) in [6.07, 6.45) is 55.6. The van der Waals surface area contributed by atoms with Crippen molar-refractivity contribution in [3.63, 3.8) is 0 Å². The van der Waals surface area contributed by atoms with E-state index in [4.69, 9.17) is 19.3 Å². The van der Waals surface area contributed by atoms with E-state index in [2.05, 4.69) is 18.4 Å². The summed E-state index contributed by atoms with van der Waals surface area (Å²) in [6, 6.07) is 0. The van der Waals surface area contributed by atoms with Crippen molar-refractivity contribution in [3.8, 4) is 0 Å². The topological polar surface area (TPSA) is 119 Å². The lowest BCUT2D eigenvalue weighted by molar-refractivity contribution is -0.161. The molecule has 0 fully saturated rings. The second kappa shape index (κ2) is 48.5. The van der Waals surface area contributed by atoms with E-state index in [-0.39, 0.29) is 19.4 Å². The Bertz CT molecular complexity index is 956. The van der Waals surface area contributed by atoms with Crippen LogP contribution in [0.25, 0.3) is 0 Å². The number of hydrogen-bond donors (Lipinski definition) is 2. The maximum absolute atomic E-state index is 12.5. The first-order valence-electron chi connectivity index (χ1n) is 26.8. The van der Waals surface area contributed by atoms with E-state index in [0.29, 0.717) is 6.42 Å². The predicted molar refractivity (Wildman–Crippen MR) is 258 cm³/mol. The molecular formula is C52H103O8P. The molecule has 0 aliphatic rings. The van der Waals surface area contributed by atoms with Gasteiger partial charge in [0, 0.05) is 12.8 Å². The molecule has 0 aromatic heterocycles. The Balaban J connectivity index is 3.73. The molecule has 0 radical (unpaired) electrons. The number of unbranched alkanes of at least 4 members (excludes halogenated alkanes) is 41. The van der Waals surface area contributed by atoms with Gasteiger partial charge in [0.25, 0.3) is 0 Å². The van der Waals surface area contributed by atoms with Crippen LogP contribution in [0.1, 0.15) is 303 Å². The fourth-order valence-corrected chi connectivity index (χ4v) is 8.74. The predicted octanol–water partition coefficient (Wildman–Crippen LogP) is 17.1. The molecule has 2 N–H and O–H groups in total. The molecular weight excluding hydrogens is 784 g/mol. The molecule has 1 atom stereocenters. The Hall–Kier alpha value is -0.950. The first kappa shape index (κ1) is 60.1. The maximum atomic E-state index is 12.5. The molecule has 9 heteroatoms. The number of rotatable bonds is 51. The third-order valence-electron chi connectivity index (χ3n) is 12.4. The molecule has 0 spiro atoms. The quantitative estimate of drug-likeness (QED) is 0.0352. The molecule has 0 rings (SSSR count). The summed E-state index contributed by atoms with van der Waals surface area (Å²) in [4.78, 5) is 43.1. The summed E-state index contributed by atoms with van der Waals surface area (Å²) in [5.74, 6) is -0.859. The second-order valence-corrected chi connectivity index (χ2v) is 19.8. The van der Waals surface area contributed by atoms with E-state index in [1.165, 1.54) is 238 Å².